The lowest BCUT2D eigenvalue weighted by atomic mass is 9.91. The summed E-state index contributed by atoms with van der Waals surface area (Å²) in [6, 6.07) is 7.69. The van der Waals surface area contributed by atoms with Crippen LogP contribution in [0.3, 0.4) is 0 Å². The molecule has 1 saturated carbocycles. The predicted molar refractivity (Wildman–Crippen MR) is 74.3 cm³/mol. The highest BCUT2D eigenvalue weighted by molar-refractivity contribution is 6.30. The van der Waals surface area contributed by atoms with Gasteiger partial charge in [0.05, 0.1) is 18.1 Å². The van der Waals surface area contributed by atoms with Crippen LogP contribution in [0.4, 0.5) is 0 Å². The Labute approximate surface area is 118 Å². The molecule has 3 unspecified atom stereocenters. The van der Waals surface area contributed by atoms with Crippen LogP contribution in [0.1, 0.15) is 25.3 Å². The number of halogens is 2. The van der Waals surface area contributed by atoms with Gasteiger partial charge in [-0.25, -0.2) is 0 Å². The molecular formula is C14H18Cl2O2. The van der Waals surface area contributed by atoms with Gasteiger partial charge in [0.25, 0.3) is 0 Å². The van der Waals surface area contributed by atoms with Crippen molar-refractivity contribution in [2.24, 2.45) is 0 Å². The minimum atomic E-state index is 0.0407. The van der Waals surface area contributed by atoms with Crippen LogP contribution < -0.4 is 0 Å². The van der Waals surface area contributed by atoms with Crippen molar-refractivity contribution < 1.29 is 9.47 Å². The summed E-state index contributed by atoms with van der Waals surface area (Å²) < 4.78 is 11.5. The number of benzene rings is 1. The number of rotatable bonds is 6. The van der Waals surface area contributed by atoms with Gasteiger partial charge in [-0.15, -0.1) is 11.6 Å². The van der Waals surface area contributed by atoms with Crippen molar-refractivity contribution in [3.8, 4) is 0 Å². The fourth-order valence-corrected chi connectivity index (χ4v) is 2.48. The standard InChI is InChI=1S/C14H18Cl2O2/c1-2-7-17-14-12(16)8-13(14)18-9-10-3-5-11(15)6-4-10/h3-6,12-14H,2,7-9H2,1H3. The molecule has 0 spiro atoms. The molecule has 100 valence electrons. The van der Waals surface area contributed by atoms with E-state index in [0.29, 0.717) is 6.61 Å². The smallest absolute Gasteiger partial charge is 0.100 e. The lowest BCUT2D eigenvalue weighted by Gasteiger charge is -2.40. The monoisotopic (exact) mass is 288 g/mol. The van der Waals surface area contributed by atoms with Crippen molar-refractivity contribution in [1.82, 2.24) is 0 Å². The molecule has 3 atom stereocenters. The highest BCUT2D eigenvalue weighted by Crippen LogP contribution is 2.32. The third-order valence-electron chi connectivity index (χ3n) is 3.07. The van der Waals surface area contributed by atoms with Crippen LogP contribution in [-0.4, -0.2) is 24.2 Å². The van der Waals surface area contributed by atoms with Crippen molar-refractivity contribution in [3.63, 3.8) is 0 Å². The minimum Gasteiger partial charge on any atom is -0.374 e. The number of hydrogen-bond acceptors (Lipinski definition) is 2. The minimum absolute atomic E-state index is 0.0407. The molecular weight excluding hydrogens is 271 g/mol. The summed E-state index contributed by atoms with van der Waals surface area (Å²) >= 11 is 12.0. The van der Waals surface area contributed by atoms with Crippen LogP contribution in [0, 0.1) is 0 Å². The van der Waals surface area contributed by atoms with Gasteiger partial charge in [0.1, 0.15) is 6.10 Å². The van der Waals surface area contributed by atoms with Gasteiger partial charge in [-0.05, 0) is 30.5 Å². The van der Waals surface area contributed by atoms with Gasteiger partial charge in [0.2, 0.25) is 0 Å². The van der Waals surface area contributed by atoms with Crippen LogP contribution >= 0.6 is 23.2 Å². The maximum Gasteiger partial charge on any atom is 0.100 e. The van der Waals surface area contributed by atoms with Crippen molar-refractivity contribution in [2.45, 2.75) is 44.0 Å². The first-order chi connectivity index (χ1) is 8.70. The van der Waals surface area contributed by atoms with E-state index in [1.807, 2.05) is 24.3 Å². The van der Waals surface area contributed by atoms with E-state index in [4.69, 9.17) is 32.7 Å². The Hall–Kier alpha value is -0.280. The van der Waals surface area contributed by atoms with E-state index in [0.717, 1.165) is 30.0 Å². The Balaban J connectivity index is 1.78. The predicted octanol–water partition coefficient (Wildman–Crippen LogP) is 4.03. The summed E-state index contributed by atoms with van der Waals surface area (Å²) in [6.45, 7) is 3.41. The van der Waals surface area contributed by atoms with Gasteiger partial charge in [0.15, 0.2) is 0 Å². The molecule has 0 amide bonds. The van der Waals surface area contributed by atoms with E-state index in [1.54, 1.807) is 0 Å². The van der Waals surface area contributed by atoms with Crippen molar-refractivity contribution in [2.75, 3.05) is 6.61 Å². The van der Waals surface area contributed by atoms with Gasteiger partial charge in [-0.3, -0.25) is 0 Å². The topological polar surface area (TPSA) is 18.5 Å². The second-order valence-corrected chi connectivity index (χ2v) is 5.56. The molecule has 0 heterocycles. The van der Waals surface area contributed by atoms with Gasteiger partial charge in [-0.1, -0.05) is 30.7 Å². The molecule has 0 saturated heterocycles. The van der Waals surface area contributed by atoms with Crippen LogP contribution in [0.2, 0.25) is 5.02 Å². The Morgan fingerprint density at radius 2 is 1.94 bits per heavy atom. The molecule has 2 nitrogen and oxygen atoms in total. The zero-order chi connectivity index (χ0) is 13.0. The van der Waals surface area contributed by atoms with Gasteiger partial charge in [0, 0.05) is 11.6 Å². The Kier molecular flexibility index (Phi) is 5.31. The molecule has 0 aliphatic heterocycles. The quantitative estimate of drug-likeness (QED) is 0.736. The van der Waals surface area contributed by atoms with E-state index >= 15 is 0 Å². The second-order valence-electron chi connectivity index (χ2n) is 4.56. The van der Waals surface area contributed by atoms with Crippen molar-refractivity contribution in [1.29, 1.82) is 0 Å². The van der Waals surface area contributed by atoms with E-state index < -0.39 is 0 Å². The highest BCUT2D eigenvalue weighted by atomic mass is 35.5. The molecule has 1 aromatic rings. The number of hydrogen-bond donors (Lipinski definition) is 0. The Morgan fingerprint density at radius 3 is 2.56 bits per heavy atom. The first-order valence-electron chi connectivity index (χ1n) is 6.32. The van der Waals surface area contributed by atoms with Gasteiger partial charge < -0.3 is 9.47 Å². The molecule has 0 N–H and O–H groups in total. The van der Waals surface area contributed by atoms with E-state index in [2.05, 4.69) is 6.92 Å². The normalized spacial score (nSPS) is 26.9. The fourth-order valence-electron chi connectivity index (χ4n) is 1.94. The molecule has 18 heavy (non-hydrogen) atoms. The maximum atomic E-state index is 6.13. The molecule has 2 rings (SSSR count). The summed E-state index contributed by atoms with van der Waals surface area (Å²) in [7, 11) is 0. The fraction of sp³-hybridized carbons (Fsp3) is 0.571. The van der Waals surface area contributed by atoms with Crippen LogP contribution in [0.25, 0.3) is 0 Å². The Bertz CT molecular complexity index is 367. The van der Waals surface area contributed by atoms with Crippen LogP contribution in [0.15, 0.2) is 24.3 Å². The molecule has 1 aliphatic rings. The second kappa shape index (κ2) is 6.76. The Morgan fingerprint density at radius 1 is 1.22 bits per heavy atom. The zero-order valence-electron chi connectivity index (χ0n) is 10.4. The highest BCUT2D eigenvalue weighted by Gasteiger charge is 2.41. The average Bonchev–Trinajstić information content (AvgIpc) is 2.36. The zero-order valence-corrected chi connectivity index (χ0v) is 12.0. The van der Waals surface area contributed by atoms with Crippen LogP contribution in [0.5, 0.6) is 0 Å². The molecule has 1 fully saturated rings. The third kappa shape index (κ3) is 3.61. The van der Waals surface area contributed by atoms with Crippen LogP contribution in [-0.2, 0) is 16.1 Å². The first kappa shape index (κ1) is 14.1. The SMILES string of the molecule is CCCOC1C(Cl)CC1OCc1ccc(Cl)cc1. The molecule has 1 aliphatic carbocycles. The molecule has 0 aromatic heterocycles. The first-order valence-corrected chi connectivity index (χ1v) is 7.14. The molecule has 4 heteroatoms. The molecule has 1 aromatic carbocycles. The summed E-state index contributed by atoms with van der Waals surface area (Å²) in [6.07, 6.45) is 2.03. The third-order valence-corrected chi connectivity index (χ3v) is 3.75. The number of alkyl halides is 1. The maximum absolute atomic E-state index is 6.13. The average molecular weight is 289 g/mol. The van der Waals surface area contributed by atoms with Crippen molar-refractivity contribution >= 4 is 23.2 Å². The van der Waals surface area contributed by atoms with E-state index in [-0.39, 0.29) is 17.6 Å². The summed E-state index contributed by atoms with van der Waals surface area (Å²) in [5.74, 6) is 0. The van der Waals surface area contributed by atoms with E-state index in [1.165, 1.54) is 0 Å². The van der Waals surface area contributed by atoms with E-state index in [9.17, 15) is 0 Å². The molecule has 0 bridgehead atoms. The van der Waals surface area contributed by atoms with Gasteiger partial charge >= 0.3 is 0 Å². The summed E-state index contributed by atoms with van der Waals surface area (Å²) in [5, 5.41) is 0.833. The van der Waals surface area contributed by atoms with Crippen molar-refractivity contribution in [3.05, 3.63) is 34.9 Å². The largest absolute Gasteiger partial charge is 0.374 e. The lowest BCUT2D eigenvalue weighted by Crippen LogP contribution is -2.51. The number of ether oxygens (including phenoxy) is 2. The van der Waals surface area contributed by atoms with Gasteiger partial charge in [-0.2, -0.15) is 0 Å². The summed E-state index contributed by atoms with van der Waals surface area (Å²) in [5.41, 5.74) is 1.12. The lowest BCUT2D eigenvalue weighted by molar-refractivity contribution is -0.129. The molecule has 0 radical (unpaired) electrons. The summed E-state index contributed by atoms with van der Waals surface area (Å²) in [4.78, 5) is 0.